The van der Waals surface area contributed by atoms with Gasteiger partial charge in [0.1, 0.15) is 11.5 Å². The van der Waals surface area contributed by atoms with Crippen molar-refractivity contribution in [1.82, 2.24) is 25.2 Å². The molecule has 3 amide bonds. The molecule has 204 valence electrons. The molecular formula is C26H34ClFN8O2. The Balaban J connectivity index is 1.38. The van der Waals surface area contributed by atoms with Crippen molar-refractivity contribution in [2.75, 3.05) is 49.0 Å². The molecule has 38 heavy (non-hydrogen) atoms. The quantitative estimate of drug-likeness (QED) is 0.556. The first-order valence-electron chi connectivity index (χ1n) is 13.2. The number of urea groups is 1. The highest BCUT2D eigenvalue weighted by Crippen LogP contribution is 2.39. The number of hydrazine groups is 1. The summed E-state index contributed by atoms with van der Waals surface area (Å²) in [6.07, 6.45) is 7.37. The lowest BCUT2D eigenvalue weighted by Gasteiger charge is -2.45. The number of amides is 3. The standard InChI is InChI=1S/C26H34ClFN8O2/c1-4-35-26(38)34(3)22-15-29-25(32-23(22)36(35)17-7-5-6-8-17)31-21-14-20(28)18(13-19(21)27)24(37)30-16-9-11-33(2)12-10-16/h13-17H,4-12H2,1-3H3,(H,30,37)(H,29,31,32). The lowest BCUT2D eigenvalue weighted by molar-refractivity contribution is 0.0913. The summed E-state index contributed by atoms with van der Waals surface area (Å²) in [5, 5.41) is 9.80. The third-order valence-corrected chi connectivity index (χ3v) is 7.98. The van der Waals surface area contributed by atoms with Crippen LogP contribution in [0.25, 0.3) is 0 Å². The van der Waals surface area contributed by atoms with E-state index in [9.17, 15) is 9.59 Å². The van der Waals surface area contributed by atoms with Gasteiger partial charge in [-0.15, -0.1) is 0 Å². The molecule has 1 aromatic heterocycles. The summed E-state index contributed by atoms with van der Waals surface area (Å²) in [5.41, 5.74) is 0.757. The summed E-state index contributed by atoms with van der Waals surface area (Å²) >= 11 is 6.48. The number of nitrogens with zero attached hydrogens (tertiary/aromatic N) is 6. The van der Waals surface area contributed by atoms with Crippen molar-refractivity contribution in [3.8, 4) is 0 Å². The first-order valence-corrected chi connectivity index (χ1v) is 13.6. The smallest absolute Gasteiger partial charge is 0.343 e. The lowest BCUT2D eigenvalue weighted by Crippen LogP contribution is -2.59. The SMILES string of the molecule is CCN1C(=O)N(C)c2cnc(Nc3cc(F)c(C(=O)NC4CCN(C)CC4)cc3Cl)nc2N1C1CCCC1. The van der Waals surface area contributed by atoms with E-state index in [1.807, 2.05) is 19.0 Å². The maximum absolute atomic E-state index is 15.1. The molecule has 1 aromatic carbocycles. The van der Waals surface area contributed by atoms with E-state index in [2.05, 4.69) is 20.5 Å². The zero-order valence-electron chi connectivity index (χ0n) is 22.0. The van der Waals surface area contributed by atoms with Crippen LogP contribution >= 0.6 is 11.6 Å². The summed E-state index contributed by atoms with van der Waals surface area (Å²) < 4.78 is 15.1. The first-order chi connectivity index (χ1) is 18.3. The van der Waals surface area contributed by atoms with Crippen molar-refractivity contribution >= 4 is 46.7 Å². The van der Waals surface area contributed by atoms with Gasteiger partial charge in [0.2, 0.25) is 5.95 Å². The van der Waals surface area contributed by atoms with E-state index in [0.29, 0.717) is 18.1 Å². The average Bonchev–Trinajstić information content (AvgIpc) is 3.43. The number of carbonyl (C=O) groups excluding carboxylic acids is 2. The van der Waals surface area contributed by atoms with Gasteiger partial charge in [0.15, 0.2) is 5.82 Å². The number of likely N-dealkylation sites (tertiary alicyclic amines) is 1. The van der Waals surface area contributed by atoms with Crippen LogP contribution in [0.1, 0.15) is 55.8 Å². The van der Waals surface area contributed by atoms with Crippen molar-refractivity contribution in [2.24, 2.45) is 0 Å². The van der Waals surface area contributed by atoms with Crippen LogP contribution in [0.5, 0.6) is 0 Å². The monoisotopic (exact) mass is 544 g/mol. The van der Waals surface area contributed by atoms with E-state index in [-0.39, 0.29) is 40.3 Å². The normalized spacial score (nSPS) is 19.2. The van der Waals surface area contributed by atoms with E-state index in [4.69, 9.17) is 16.6 Å². The summed E-state index contributed by atoms with van der Waals surface area (Å²) in [5.74, 6) is -0.329. The van der Waals surface area contributed by atoms with Crippen molar-refractivity contribution in [3.05, 3.63) is 34.7 Å². The molecule has 5 rings (SSSR count). The van der Waals surface area contributed by atoms with Crippen molar-refractivity contribution in [3.63, 3.8) is 0 Å². The number of fused-ring (bicyclic) bond motifs is 1. The van der Waals surface area contributed by atoms with Gasteiger partial charge in [-0.2, -0.15) is 4.98 Å². The number of piperidine rings is 1. The predicted molar refractivity (Wildman–Crippen MR) is 146 cm³/mol. The second kappa shape index (κ2) is 10.9. The zero-order valence-corrected chi connectivity index (χ0v) is 22.8. The molecule has 0 spiro atoms. The molecule has 3 aliphatic rings. The van der Waals surface area contributed by atoms with E-state index >= 15 is 4.39 Å². The van der Waals surface area contributed by atoms with Gasteiger partial charge in [-0.25, -0.2) is 19.2 Å². The Morgan fingerprint density at radius 1 is 1.16 bits per heavy atom. The molecule has 0 atom stereocenters. The molecule has 1 saturated carbocycles. The Morgan fingerprint density at radius 3 is 2.55 bits per heavy atom. The van der Waals surface area contributed by atoms with Crippen LogP contribution < -0.4 is 20.5 Å². The fourth-order valence-electron chi connectivity index (χ4n) is 5.47. The number of anilines is 4. The van der Waals surface area contributed by atoms with Gasteiger partial charge in [0, 0.05) is 19.6 Å². The van der Waals surface area contributed by atoms with Crippen LogP contribution in [0.3, 0.4) is 0 Å². The van der Waals surface area contributed by atoms with Crippen LogP contribution in [-0.4, -0.2) is 77.6 Å². The van der Waals surface area contributed by atoms with Gasteiger partial charge >= 0.3 is 6.03 Å². The van der Waals surface area contributed by atoms with Gasteiger partial charge in [0.05, 0.1) is 28.5 Å². The van der Waals surface area contributed by atoms with E-state index in [1.54, 1.807) is 23.2 Å². The Hall–Kier alpha value is -3.18. The van der Waals surface area contributed by atoms with Crippen LogP contribution in [-0.2, 0) is 0 Å². The minimum Gasteiger partial charge on any atom is -0.349 e. The average molecular weight is 545 g/mol. The number of carbonyl (C=O) groups is 2. The molecule has 2 aromatic rings. The summed E-state index contributed by atoms with van der Waals surface area (Å²) in [4.78, 5) is 38.6. The van der Waals surface area contributed by atoms with Crippen LogP contribution in [0.2, 0.25) is 5.02 Å². The Morgan fingerprint density at radius 2 is 1.87 bits per heavy atom. The highest BCUT2D eigenvalue weighted by atomic mass is 35.5. The molecule has 3 heterocycles. The Kier molecular flexibility index (Phi) is 7.58. The predicted octanol–water partition coefficient (Wildman–Crippen LogP) is 4.39. The van der Waals surface area contributed by atoms with E-state index in [0.717, 1.165) is 51.6 Å². The van der Waals surface area contributed by atoms with Crippen LogP contribution in [0, 0.1) is 5.82 Å². The maximum atomic E-state index is 15.1. The molecular weight excluding hydrogens is 511 g/mol. The topological polar surface area (TPSA) is 96.9 Å². The molecule has 1 saturated heterocycles. The maximum Gasteiger partial charge on any atom is 0.343 e. The summed E-state index contributed by atoms with van der Waals surface area (Å²) in [6, 6.07) is 2.57. The molecule has 2 N–H and O–H groups in total. The second-order valence-electron chi connectivity index (χ2n) is 10.2. The Bertz CT molecular complexity index is 1220. The van der Waals surface area contributed by atoms with Gasteiger partial charge < -0.3 is 15.5 Å². The molecule has 10 nitrogen and oxygen atoms in total. The first kappa shape index (κ1) is 26.4. The van der Waals surface area contributed by atoms with Gasteiger partial charge in [-0.3, -0.25) is 14.7 Å². The van der Waals surface area contributed by atoms with Crippen molar-refractivity contribution < 1.29 is 14.0 Å². The van der Waals surface area contributed by atoms with Gasteiger partial charge in [-0.1, -0.05) is 24.4 Å². The third kappa shape index (κ3) is 5.09. The molecule has 0 bridgehead atoms. The van der Waals surface area contributed by atoms with Gasteiger partial charge in [0.25, 0.3) is 5.91 Å². The zero-order chi connectivity index (χ0) is 27.0. The molecule has 1 aliphatic carbocycles. The highest BCUT2D eigenvalue weighted by molar-refractivity contribution is 6.33. The fourth-order valence-corrected chi connectivity index (χ4v) is 5.69. The number of aromatic nitrogens is 2. The number of rotatable bonds is 6. The second-order valence-corrected chi connectivity index (χ2v) is 10.6. The summed E-state index contributed by atoms with van der Waals surface area (Å²) in [7, 11) is 3.74. The molecule has 2 fully saturated rings. The van der Waals surface area contributed by atoms with E-state index in [1.165, 1.54) is 12.1 Å². The molecule has 12 heteroatoms. The van der Waals surface area contributed by atoms with Crippen molar-refractivity contribution in [2.45, 2.75) is 57.5 Å². The minimum absolute atomic E-state index is 0.00841. The lowest BCUT2D eigenvalue weighted by atomic mass is 10.0. The number of nitrogens with one attached hydrogen (secondary N) is 2. The third-order valence-electron chi connectivity index (χ3n) is 7.67. The molecule has 0 unspecified atom stereocenters. The molecule has 0 radical (unpaired) electrons. The van der Waals surface area contributed by atoms with E-state index < -0.39 is 11.7 Å². The minimum atomic E-state index is -0.685. The fraction of sp³-hybridized carbons (Fsp3) is 0.538. The highest BCUT2D eigenvalue weighted by Gasteiger charge is 2.39. The largest absolute Gasteiger partial charge is 0.349 e. The van der Waals surface area contributed by atoms with Gasteiger partial charge in [-0.05, 0) is 64.9 Å². The Labute approximate surface area is 227 Å². The molecule has 2 aliphatic heterocycles. The number of hydrogen-bond acceptors (Lipinski definition) is 7. The van der Waals surface area contributed by atoms with Crippen LogP contribution in [0.4, 0.5) is 32.3 Å². The van der Waals surface area contributed by atoms with Crippen LogP contribution in [0.15, 0.2) is 18.3 Å². The number of benzene rings is 1. The summed E-state index contributed by atoms with van der Waals surface area (Å²) in [6.45, 7) is 4.21. The van der Waals surface area contributed by atoms with Crippen molar-refractivity contribution in [1.29, 1.82) is 0 Å². The number of hydrogen-bond donors (Lipinski definition) is 2. The number of halogens is 2.